The predicted octanol–water partition coefficient (Wildman–Crippen LogP) is 2.91. The number of unbranched alkanes of at least 4 members (excludes halogenated alkanes) is 2. The van der Waals surface area contributed by atoms with Crippen LogP contribution in [0.15, 0.2) is 0 Å². The molecule has 0 aliphatic rings. The molecule has 0 unspecified atom stereocenters. The third-order valence-electron chi connectivity index (χ3n) is 0.982. The van der Waals surface area contributed by atoms with Crippen molar-refractivity contribution in [2.75, 3.05) is 17.3 Å². The number of rotatable bonds is 5. The molecule has 0 saturated heterocycles. The minimum Gasteiger partial charge on any atom is -0.165 e. The molecule has 0 aromatic heterocycles. The number of thioether (sulfide) groups is 1. The highest BCUT2D eigenvalue weighted by Crippen LogP contribution is 2.02. The van der Waals surface area contributed by atoms with Crippen molar-refractivity contribution in [2.45, 2.75) is 19.3 Å². The zero-order valence-corrected chi connectivity index (χ0v) is 7.72. The van der Waals surface area contributed by atoms with Crippen molar-refractivity contribution >= 4 is 27.7 Å². The highest BCUT2D eigenvalue weighted by Gasteiger charge is 1.84. The standard InChI is InChI=1S/C6H13BrS/c1-8-6-4-2-3-5-7/h2-6H2,1H3. The zero-order valence-electron chi connectivity index (χ0n) is 5.32. The van der Waals surface area contributed by atoms with E-state index in [1.54, 1.807) is 0 Å². The fourth-order valence-electron chi connectivity index (χ4n) is 0.518. The van der Waals surface area contributed by atoms with E-state index in [0.717, 1.165) is 0 Å². The van der Waals surface area contributed by atoms with Gasteiger partial charge >= 0.3 is 0 Å². The predicted molar refractivity (Wildman–Crippen MR) is 46.0 cm³/mol. The van der Waals surface area contributed by atoms with Crippen LogP contribution in [0.5, 0.6) is 0 Å². The Bertz CT molecular complexity index is 33.5. The Hall–Kier alpha value is 0.830. The molecule has 0 nitrogen and oxygen atoms in total. The molecule has 0 spiro atoms. The topological polar surface area (TPSA) is 0 Å². The van der Waals surface area contributed by atoms with Crippen LogP contribution in [0.3, 0.4) is 0 Å². The molecule has 0 aromatic rings. The first-order valence-corrected chi connectivity index (χ1v) is 5.48. The van der Waals surface area contributed by atoms with Gasteiger partial charge in [0.2, 0.25) is 0 Å². The van der Waals surface area contributed by atoms with Crippen LogP contribution in [0, 0.1) is 0 Å². The summed E-state index contributed by atoms with van der Waals surface area (Å²) in [5.74, 6) is 1.33. The van der Waals surface area contributed by atoms with Gasteiger partial charge in [-0.3, -0.25) is 0 Å². The van der Waals surface area contributed by atoms with Gasteiger partial charge in [0.05, 0.1) is 0 Å². The quantitative estimate of drug-likeness (QED) is 0.482. The van der Waals surface area contributed by atoms with Crippen molar-refractivity contribution in [3.8, 4) is 0 Å². The minimum absolute atomic E-state index is 1.17. The van der Waals surface area contributed by atoms with Crippen LogP contribution >= 0.6 is 27.7 Å². The second-order valence-corrected chi connectivity index (χ2v) is 3.52. The van der Waals surface area contributed by atoms with Crippen LogP contribution in [0.25, 0.3) is 0 Å². The van der Waals surface area contributed by atoms with Gasteiger partial charge in [0.15, 0.2) is 0 Å². The van der Waals surface area contributed by atoms with Gasteiger partial charge in [0.1, 0.15) is 0 Å². The summed E-state index contributed by atoms with van der Waals surface area (Å²) < 4.78 is 0. The van der Waals surface area contributed by atoms with Gasteiger partial charge in [-0.1, -0.05) is 22.4 Å². The Balaban J connectivity index is 2.53. The van der Waals surface area contributed by atoms with E-state index in [0.29, 0.717) is 0 Å². The van der Waals surface area contributed by atoms with Crippen molar-refractivity contribution in [2.24, 2.45) is 0 Å². The molecule has 0 aromatic carbocycles. The van der Waals surface area contributed by atoms with Gasteiger partial charge in [-0.15, -0.1) is 0 Å². The zero-order chi connectivity index (χ0) is 6.24. The van der Waals surface area contributed by atoms with Crippen LogP contribution in [0.1, 0.15) is 19.3 Å². The summed E-state index contributed by atoms with van der Waals surface area (Å²) in [6.07, 6.45) is 6.26. The van der Waals surface area contributed by atoms with Crippen molar-refractivity contribution in [3.63, 3.8) is 0 Å². The summed E-state index contributed by atoms with van der Waals surface area (Å²) in [5, 5.41) is 1.17. The molecular formula is C6H13BrS. The highest BCUT2D eigenvalue weighted by atomic mass is 79.9. The first-order valence-electron chi connectivity index (χ1n) is 2.96. The summed E-state index contributed by atoms with van der Waals surface area (Å²) in [6, 6.07) is 0. The highest BCUT2D eigenvalue weighted by molar-refractivity contribution is 9.09. The second-order valence-electron chi connectivity index (χ2n) is 1.74. The third-order valence-corrected chi connectivity index (χ3v) is 2.24. The molecule has 0 radical (unpaired) electrons. The smallest absolute Gasteiger partial charge is 0.00313 e. The van der Waals surface area contributed by atoms with Gasteiger partial charge in [0, 0.05) is 5.33 Å². The molecule has 0 heterocycles. The molecule has 0 bridgehead atoms. The van der Waals surface area contributed by atoms with E-state index in [9.17, 15) is 0 Å². The summed E-state index contributed by atoms with van der Waals surface area (Å²) in [6.45, 7) is 0. The molecule has 0 amide bonds. The van der Waals surface area contributed by atoms with Crippen LogP contribution in [0.2, 0.25) is 0 Å². The normalized spacial score (nSPS) is 9.75. The van der Waals surface area contributed by atoms with Crippen molar-refractivity contribution in [3.05, 3.63) is 0 Å². The number of hydrogen-bond acceptors (Lipinski definition) is 1. The largest absolute Gasteiger partial charge is 0.165 e. The maximum absolute atomic E-state index is 3.39. The van der Waals surface area contributed by atoms with Gasteiger partial charge in [-0.05, 0) is 24.9 Å². The molecule has 0 saturated carbocycles. The molecule has 0 atom stereocenters. The molecule has 0 aliphatic heterocycles. The maximum Gasteiger partial charge on any atom is 0.00313 e. The van der Waals surface area contributed by atoms with Crippen molar-refractivity contribution in [1.82, 2.24) is 0 Å². The fourth-order valence-corrected chi connectivity index (χ4v) is 1.41. The van der Waals surface area contributed by atoms with Gasteiger partial charge < -0.3 is 0 Å². The SMILES string of the molecule is CSCCCCCBr. The van der Waals surface area contributed by atoms with Gasteiger partial charge in [-0.2, -0.15) is 11.8 Å². The molecule has 50 valence electrons. The summed E-state index contributed by atoms with van der Waals surface area (Å²) in [4.78, 5) is 0. The number of halogens is 1. The number of alkyl halides is 1. The first kappa shape index (κ1) is 8.83. The Morgan fingerprint density at radius 1 is 1.25 bits per heavy atom. The lowest BCUT2D eigenvalue weighted by Gasteiger charge is -1.93. The molecule has 0 fully saturated rings. The molecule has 0 N–H and O–H groups in total. The van der Waals surface area contributed by atoms with E-state index in [1.807, 2.05) is 11.8 Å². The van der Waals surface area contributed by atoms with E-state index in [1.165, 1.54) is 30.3 Å². The van der Waals surface area contributed by atoms with Gasteiger partial charge in [0.25, 0.3) is 0 Å². The van der Waals surface area contributed by atoms with Crippen LogP contribution in [-0.2, 0) is 0 Å². The molecule has 0 rings (SSSR count). The average molecular weight is 197 g/mol. The average Bonchev–Trinajstić information content (AvgIpc) is 1.81. The Morgan fingerprint density at radius 3 is 2.50 bits per heavy atom. The third kappa shape index (κ3) is 6.83. The Morgan fingerprint density at radius 2 is 2.00 bits per heavy atom. The monoisotopic (exact) mass is 196 g/mol. The van der Waals surface area contributed by atoms with Gasteiger partial charge in [-0.25, -0.2) is 0 Å². The van der Waals surface area contributed by atoms with Crippen molar-refractivity contribution < 1.29 is 0 Å². The van der Waals surface area contributed by atoms with E-state index < -0.39 is 0 Å². The molecular weight excluding hydrogens is 184 g/mol. The minimum atomic E-state index is 1.17. The summed E-state index contributed by atoms with van der Waals surface area (Å²) >= 11 is 5.33. The number of hydrogen-bond donors (Lipinski definition) is 0. The second kappa shape index (κ2) is 7.83. The van der Waals surface area contributed by atoms with E-state index in [4.69, 9.17) is 0 Å². The van der Waals surface area contributed by atoms with Crippen LogP contribution in [-0.4, -0.2) is 17.3 Å². The Labute approximate surface area is 64.6 Å². The molecule has 2 heteroatoms. The molecule has 0 aliphatic carbocycles. The lowest BCUT2D eigenvalue weighted by Crippen LogP contribution is -1.79. The fraction of sp³-hybridized carbons (Fsp3) is 1.00. The first-order chi connectivity index (χ1) is 3.91. The van der Waals surface area contributed by atoms with E-state index in [2.05, 4.69) is 22.2 Å². The van der Waals surface area contributed by atoms with Crippen LogP contribution in [0.4, 0.5) is 0 Å². The van der Waals surface area contributed by atoms with E-state index >= 15 is 0 Å². The van der Waals surface area contributed by atoms with E-state index in [-0.39, 0.29) is 0 Å². The maximum atomic E-state index is 3.39. The Kier molecular flexibility index (Phi) is 8.64. The lowest BCUT2D eigenvalue weighted by molar-refractivity contribution is 0.789. The lowest BCUT2D eigenvalue weighted by atomic mass is 10.3. The summed E-state index contributed by atoms with van der Waals surface area (Å²) in [5.41, 5.74) is 0. The molecule has 8 heavy (non-hydrogen) atoms. The van der Waals surface area contributed by atoms with Crippen LogP contribution < -0.4 is 0 Å². The van der Waals surface area contributed by atoms with Crippen molar-refractivity contribution in [1.29, 1.82) is 0 Å². The summed E-state index contributed by atoms with van der Waals surface area (Å²) in [7, 11) is 0.